The molecule has 1 saturated heterocycles. The number of hydrogen-bond donors (Lipinski definition) is 2. The van der Waals surface area contributed by atoms with Crippen LogP contribution < -0.4 is 10.5 Å². The van der Waals surface area contributed by atoms with E-state index < -0.39 is 5.82 Å². The number of phenols is 1. The van der Waals surface area contributed by atoms with Gasteiger partial charge in [0, 0.05) is 24.4 Å². The monoisotopic (exact) mass is 589 g/mol. The number of anilines is 1. The maximum atomic E-state index is 14.1. The number of piperidine rings is 1. The highest BCUT2D eigenvalue weighted by atomic mass is 19.1. The molecule has 6 rings (SSSR count). The molecule has 1 aliphatic heterocycles. The molecule has 4 aromatic heterocycles. The van der Waals surface area contributed by atoms with E-state index in [-0.39, 0.29) is 30.0 Å². The van der Waals surface area contributed by atoms with Crippen molar-refractivity contribution < 1.29 is 23.8 Å². The highest BCUT2D eigenvalue weighted by molar-refractivity contribution is 5.98. The number of esters is 1. The summed E-state index contributed by atoms with van der Waals surface area (Å²) >= 11 is 0. The van der Waals surface area contributed by atoms with Crippen molar-refractivity contribution in [3.63, 3.8) is 0 Å². The first kappa shape index (κ1) is 28.3. The maximum absolute atomic E-state index is 14.1. The molecule has 0 aliphatic carbocycles. The third kappa shape index (κ3) is 5.78. The second kappa shape index (κ2) is 11.8. The lowest BCUT2D eigenvalue weighted by molar-refractivity contribution is -0.149. The fourth-order valence-electron chi connectivity index (χ4n) is 5.46. The van der Waals surface area contributed by atoms with Crippen LogP contribution in [0.2, 0.25) is 0 Å². The van der Waals surface area contributed by atoms with Crippen molar-refractivity contribution in [3.05, 3.63) is 54.0 Å². The fraction of sp³-hybridized carbons (Fsp3) is 0.379. The van der Waals surface area contributed by atoms with Crippen molar-refractivity contribution >= 4 is 28.3 Å². The topological polar surface area (TPSA) is 159 Å². The molecular formula is C29H32FN9O4. The number of nitrogen functional groups attached to an aromatic ring is 1. The number of aromatic nitrogens is 7. The van der Waals surface area contributed by atoms with Gasteiger partial charge in [0.2, 0.25) is 5.88 Å². The SMILES string of the molecule is CCOC(=O)C1CCN(CCOc2nc(Cn3nc(-c4cc(O)cc(F)c4)c4c(N)ncnc43)nn3ccc(C)c23)CC1. The van der Waals surface area contributed by atoms with Gasteiger partial charge in [-0.2, -0.15) is 15.2 Å². The number of phenolic OH excluding ortho intramolecular Hbond substituents is 1. The molecular weight excluding hydrogens is 557 g/mol. The molecule has 0 spiro atoms. The van der Waals surface area contributed by atoms with Crippen LogP contribution in [0.3, 0.4) is 0 Å². The third-order valence-electron chi connectivity index (χ3n) is 7.58. The predicted octanol–water partition coefficient (Wildman–Crippen LogP) is 2.97. The number of likely N-dealkylation sites (tertiary alicyclic amines) is 1. The van der Waals surface area contributed by atoms with Gasteiger partial charge in [-0.05, 0) is 63.5 Å². The zero-order valence-corrected chi connectivity index (χ0v) is 23.9. The second-order valence-corrected chi connectivity index (χ2v) is 10.5. The normalized spacial score (nSPS) is 14.5. The Morgan fingerprint density at radius 1 is 1.19 bits per heavy atom. The number of aromatic hydroxyl groups is 1. The molecule has 1 fully saturated rings. The largest absolute Gasteiger partial charge is 0.508 e. The summed E-state index contributed by atoms with van der Waals surface area (Å²) in [5.41, 5.74) is 8.98. The number of nitrogens with two attached hydrogens (primary N) is 1. The molecule has 43 heavy (non-hydrogen) atoms. The Kier molecular flexibility index (Phi) is 7.76. The summed E-state index contributed by atoms with van der Waals surface area (Å²) in [7, 11) is 0. The first-order valence-corrected chi connectivity index (χ1v) is 14.1. The lowest BCUT2D eigenvalue weighted by Gasteiger charge is -2.30. The van der Waals surface area contributed by atoms with E-state index in [9.17, 15) is 14.3 Å². The summed E-state index contributed by atoms with van der Waals surface area (Å²) in [5, 5.41) is 19.7. The lowest BCUT2D eigenvalue weighted by Crippen LogP contribution is -2.39. The Morgan fingerprint density at radius 3 is 2.77 bits per heavy atom. The molecule has 3 N–H and O–H groups in total. The molecule has 0 saturated carbocycles. The van der Waals surface area contributed by atoms with Gasteiger partial charge in [-0.15, -0.1) is 0 Å². The molecule has 5 aromatic rings. The van der Waals surface area contributed by atoms with E-state index >= 15 is 0 Å². The van der Waals surface area contributed by atoms with Gasteiger partial charge in [0.15, 0.2) is 11.5 Å². The number of nitrogens with zero attached hydrogens (tertiary/aromatic N) is 8. The van der Waals surface area contributed by atoms with Gasteiger partial charge < -0.3 is 20.3 Å². The van der Waals surface area contributed by atoms with Crippen molar-refractivity contribution in [1.29, 1.82) is 0 Å². The molecule has 0 radical (unpaired) electrons. The number of ether oxygens (including phenoxy) is 2. The number of aryl methyl sites for hydroxylation is 1. The van der Waals surface area contributed by atoms with Gasteiger partial charge >= 0.3 is 5.97 Å². The summed E-state index contributed by atoms with van der Waals surface area (Å²) in [6.07, 6.45) is 4.70. The van der Waals surface area contributed by atoms with Crippen LogP contribution in [0.4, 0.5) is 10.2 Å². The molecule has 1 aliphatic rings. The first-order chi connectivity index (χ1) is 20.8. The summed E-state index contributed by atoms with van der Waals surface area (Å²) < 4.78 is 28.8. The maximum Gasteiger partial charge on any atom is 0.309 e. The van der Waals surface area contributed by atoms with E-state index in [1.54, 1.807) is 9.20 Å². The molecule has 5 heterocycles. The van der Waals surface area contributed by atoms with E-state index in [1.807, 2.05) is 26.1 Å². The lowest BCUT2D eigenvalue weighted by atomic mass is 9.97. The van der Waals surface area contributed by atoms with E-state index in [0.29, 0.717) is 53.8 Å². The predicted molar refractivity (Wildman–Crippen MR) is 155 cm³/mol. The Bertz CT molecular complexity index is 1780. The first-order valence-electron chi connectivity index (χ1n) is 14.1. The highest BCUT2D eigenvalue weighted by Gasteiger charge is 2.26. The highest BCUT2D eigenvalue weighted by Crippen LogP contribution is 2.33. The van der Waals surface area contributed by atoms with Crippen LogP contribution in [-0.2, 0) is 16.1 Å². The molecule has 0 atom stereocenters. The van der Waals surface area contributed by atoms with Crippen LogP contribution in [0.5, 0.6) is 11.6 Å². The van der Waals surface area contributed by atoms with Gasteiger partial charge in [-0.1, -0.05) is 0 Å². The van der Waals surface area contributed by atoms with E-state index in [0.717, 1.165) is 43.1 Å². The summed E-state index contributed by atoms with van der Waals surface area (Å²) in [5.74, 6) is 0.000132. The van der Waals surface area contributed by atoms with Crippen LogP contribution in [0.15, 0.2) is 36.8 Å². The minimum Gasteiger partial charge on any atom is -0.508 e. The van der Waals surface area contributed by atoms with E-state index in [4.69, 9.17) is 20.2 Å². The van der Waals surface area contributed by atoms with Crippen molar-refractivity contribution in [3.8, 4) is 22.9 Å². The third-order valence-corrected chi connectivity index (χ3v) is 7.58. The molecule has 0 amide bonds. The van der Waals surface area contributed by atoms with Crippen molar-refractivity contribution in [2.45, 2.75) is 33.2 Å². The van der Waals surface area contributed by atoms with Gasteiger partial charge in [0.05, 0.1) is 17.9 Å². The zero-order chi connectivity index (χ0) is 30.1. The number of rotatable bonds is 9. The minimum atomic E-state index is -0.616. The quantitative estimate of drug-likeness (QED) is 0.243. The van der Waals surface area contributed by atoms with Crippen LogP contribution in [0.25, 0.3) is 27.8 Å². The molecule has 14 heteroatoms. The molecule has 13 nitrogen and oxygen atoms in total. The van der Waals surface area contributed by atoms with Crippen LogP contribution >= 0.6 is 0 Å². The molecule has 1 aromatic carbocycles. The van der Waals surface area contributed by atoms with Crippen LogP contribution in [0, 0.1) is 18.7 Å². The number of carbonyl (C=O) groups is 1. The minimum absolute atomic E-state index is 0.0457. The number of carbonyl (C=O) groups excluding carboxylic acids is 1. The zero-order valence-electron chi connectivity index (χ0n) is 23.9. The molecule has 0 unspecified atom stereocenters. The second-order valence-electron chi connectivity index (χ2n) is 10.5. The average molecular weight is 590 g/mol. The summed E-state index contributed by atoms with van der Waals surface area (Å²) in [4.78, 5) is 27.5. The number of fused-ring (bicyclic) bond motifs is 2. The molecule has 0 bridgehead atoms. The van der Waals surface area contributed by atoms with Crippen molar-refractivity contribution in [2.75, 3.05) is 38.6 Å². The average Bonchev–Trinajstić information content (AvgIpc) is 3.54. The Morgan fingerprint density at radius 2 is 2.00 bits per heavy atom. The summed E-state index contributed by atoms with van der Waals surface area (Å²) in [6.45, 7) is 6.98. The van der Waals surface area contributed by atoms with E-state index in [2.05, 4.69) is 25.1 Å². The van der Waals surface area contributed by atoms with Gasteiger partial charge in [-0.25, -0.2) is 23.6 Å². The van der Waals surface area contributed by atoms with Gasteiger partial charge in [-0.3, -0.25) is 9.69 Å². The van der Waals surface area contributed by atoms with Crippen LogP contribution in [0.1, 0.15) is 31.2 Å². The molecule has 224 valence electrons. The standard InChI is InChI=1S/C29H32FN9O4/c1-3-42-29(41)18-5-7-37(8-6-18)10-11-43-28-25-17(2)4-9-38(25)35-22(34-28)15-39-27-23(26(31)32-16-33-27)24(36-39)19-12-20(30)14-21(40)13-19/h4,9,12-14,16,18,40H,3,5-8,10-11,15H2,1-2H3,(H2,31,32,33). The number of hydrogen-bond acceptors (Lipinski definition) is 11. The van der Waals surface area contributed by atoms with Gasteiger partial charge in [0.25, 0.3) is 0 Å². The van der Waals surface area contributed by atoms with Crippen molar-refractivity contribution in [2.24, 2.45) is 5.92 Å². The van der Waals surface area contributed by atoms with Crippen molar-refractivity contribution in [1.82, 2.24) is 39.2 Å². The number of benzene rings is 1. The fourth-order valence-corrected chi connectivity index (χ4v) is 5.46. The smallest absolute Gasteiger partial charge is 0.309 e. The van der Waals surface area contributed by atoms with E-state index in [1.165, 1.54) is 18.5 Å². The van der Waals surface area contributed by atoms with Crippen LogP contribution in [-0.4, -0.2) is 83.2 Å². The Balaban J connectivity index is 1.24. The number of halogens is 1. The Labute approximate surface area is 246 Å². The summed E-state index contributed by atoms with van der Waals surface area (Å²) in [6, 6.07) is 5.61. The van der Waals surface area contributed by atoms with Gasteiger partial charge in [0.1, 0.15) is 48.1 Å². The Hall–Kier alpha value is -4.85.